The smallest absolute Gasteiger partial charge is 0.258 e. The van der Waals surface area contributed by atoms with Crippen molar-refractivity contribution < 1.29 is 9.13 Å². The van der Waals surface area contributed by atoms with Crippen LogP contribution in [0.4, 0.5) is 5.69 Å². The zero-order chi connectivity index (χ0) is 8.27. The molecule has 0 unspecified atom stereocenters. The van der Waals surface area contributed by atoms with Gasteiger partial charge >= 0.3 is 22.2 Å². The highest BCUT2D eigenvalue weighted by Crippen LogP contribution is 2.16. The molecule has 0 aromatic heterocycles. The predicted molar refractivity (Wildman–Crippen MR) is 39.4 cm³/mol. The Morgan fingerprint density at radius 3 is 2.45 bits per heavy atom. The van der Waals surface area contributed by atoms with Crippen LogP contribution in [0.2, 0.25) is 0 Å². The molecule has 0 atom stereocenters. The summed E-state index contributed by atoms with van der Waals surface area (Å²) in [5.41, 5.74) is -0.132. The Labute approximate surface area is 66.5 Å². The van der Waals surface area contributed by atoms with Gasteiger partial charge in [0.2, 0.25) is 0 Å². The van der Waals surface area contributed by atoms with Gasteiger partial charge in [-0.15, -0.1) is 0 Å². The molecule has 0 saturated heterocycles. The first-order valence-electron chi connectivity index (χ1n) is 2.79. The van der Waals surface area contributed by atoms with Gasteiger partial charge in [0.05, 0.1) is 4.92 Å². The molecule has 0 aliphatic heterocycles. The minimum Gasteiger partial charge on any atom is -0.258 e. The lowest BCUT2D eigenvalue weighted by Gasteiger charge is -1.84. The predicted octanol–water partition coefficient (Wildman–Crippen LogP) is 1.38. The molecule has 0 fully saturated rings. The summed E-state index contributed by atoms with van der Waals surface area (Å²) in [6.07, 6.45) is 0. The van der Waals surface area contributed by atoms with Crippen LogP contribution in [0.5, 0.6) is 0 Å². The maximum atomic E-state index is 10.3. The van der Waals surface area contributed by atoms with Crippen molar-refractivity contribution in [3.05, 3.63) is 34.4 Å². The summed E-state index contributed by atoms with van der Waals surface area (Å²) in [7, 11) is 0. The molecule has 1 aromatic carbocycles. The second kappa shape index (κ2) is 3.16. The van der Waals surface area contributed by atoms with Crippen molar-refractivity contribution in [1.29, 1.82) is 0 Å². The third-order valence-corrected chi connectivity index (χ3v) is 1.68. The number of rotatable bonds is 2. The summed E-state index contributed by atoms with van der Waals surface area (Å²) < 4.78 is 10.3. The lowest BCUT2D eigenvalue weighted by Crippen LogP contribution is -1.90. The maximum Gasteiger partial charge on any atom is 0.512 e. The molecule has 56 valence electrons. The number of benzene rings is 1. The highest BCUT2D eigenvalue weighted by Gasteiger charge is 2.22. The SMILES string of the molecule is O=[S+]c1ccccc1[N+](=O)[O-]. The second-order valence-corrected chi connectivity index (χ2v) is 2.41. The van der Waals surface area contributed by atoms with E-state index in [2.05, 4.69) is 0 Å². The van der Waals surface area contributed by atoms with E-state index in [9.17, 15) is 14.3 Å². The Hall–Kier alpha value is -1.36. The fourth-order valence-electron chi connectivity index (χ4n) is 0.678. The first-order valence-corrected chi connectivity index (χ1v) is 3.53. The number of nitro groups is 1. The highest BCUT2D eigenvalue weighted by molar-refractivity contribution is 7.65. The molecule has 11 heavy (non-hydrogen) atoms. The molecule has 0 bridgehead atoms. The normalized spacial score (nSPS) is 9.09. The first kappa shape index (κ1) is 7.74. The van der Waals surface area contributed by atoms with Crippen molar-refractivity contribution in [3.63, 3.8) is 0 Å². The largest absolute Gasteiger partial charge is 0.512 e. The van der Waals surface area contributed by atoms with Crippen LogP contribution in [0.15, 0.2) is 29.2 Å². The van der Waals surface area contributed by atoms with E-state index < -0.39 is 4.92 Å². The number of para-hydroxylation sites is 1. The average Bonchev–Trinajstić information content (AvgIpc) is 2.04. The van der Waals surface area contributed by atoms with E-state index in [4.69, 9.17) is 0 Å². The van der Waals surface area contributed by atoms with Gasteiger partial charge in [-0.25, -0.2) is 0 Å². The van der Waals surface area contributed by atoms with Crippen LogP contribution in [0.3, 0.4) is 0 Å². The first-order chi connectivity index (χ1) is 5.25. The molecule has 0 heterocycles. The summed E-state index contributed by atoms with van der Waals surface area (Å²) in [5, 5.41) is 10.2. The van der Waals surface area contributed by atoms with Gasteiger partial charge in [-0.05, 0) is 0 Å². The van der Waals surface area contributed by atoms with Gasteiger partial charge in [-0.1, -0.05) is 12.1 Å². The molecule has 0 radical (unpaired) electrons. The molecule has 0 amide bonds. The molecule has 4 nitrogen and oxygen atoms in total. The Balaban J connectivity index is 3.22. The number of nitro benzene ring substituents is 1. The third kappa shape index (κ3) is 1.56. The Kier molecular flexibility index (Phi) is 2.22. The summed E-state index contributed by atoms with van der Waals surface area (Å²) >= 11 is 0.132. The summed E-state index contributed by atoms with van der Waals surface area (Å²) in [5.74, 6) is 0. The van der Waals surface area contributed by atoms with E-state index in [0.717, 1.165) is 0 Å². The second-order valence-electron chi connectivity index (χ2n) is 1.81. The molecule has 0 aliphatic carbocycles. The van der Waals surface area contributed by atoms with E-state index in [-0.39, 0.29) is 22.2 Å². The summed E-state index contributed by atoms with van der Waals surface area (Å²) in [6.45, 7) is 0. The quantitative estimate of drug-likeness (QED) is 0.382. The lowest BCUT2D eigenvalue weighted by molar-refractivity contribution is -0.387. The minimum atomic E-state index is -0.569. The van der Waals surface area contributed by atoms with Gasteiger partial charge in [0, 0.05) is 16.3 Å². The van der Waals surface area contributed by atoms with Gasteiger partial charge in [0.15, 0.2) is 0 Å². The molecule has 5 heteroatoms. The van der Waals surface area contributed by atoms with Gasteiger partial charge in [0.25, 0.3) is 0 Å². The van der Waals surface area contributed by atoms with Crippen LogP contribution in [-0.4, -0.2) is 4.92 Å². The summed E-state index contributed by atoms with van der Waals surface area (Å²) in [4.78, 5) is 9.82. The van der Waals surface area contributed by atoms with E-state index in [0.29, 0.717) is 0 Å². The Bertz CT molecular complexity index is 300. The Morgan fingerprint density at radius 1 is 1.36 bits per heavy atom. The molecule has 1 rings (SSSR count). The number of hydrogen-bond donors (Lipinski definition) is 0. The van der Waals surface area contributed by atoms with E-state index in [1.807, 2.05) is 0 Å². The number of nitrogens with zero attached hydrogens (tertiary/aromatic N) is 1. The van der Waals surface area contributed by atoms with Gasteiger partial charge in [-0.3, -0.25) is 10.1 Å². The van der Waals surface area contributed by atoms with Crippen molar-refractivity contribution >= 4 is 17.4 Å². The molecule has 0 saturated carbocycles. The van der Waals surface area contributed by atoms with Crippen molar-refractivity contribution in [2.75, 3.05) is 0 Å². The summed E-state index contributed by atoms with van der Waals surface area (Å²) in [6, 6.07) is 5.85. The fourth-order valence-corrected chi connectivity index (χ4v) is 1.04. The fraction of sp³-hybridized carbons (Fsp3) is 0. The monoisotopic (exact) mass is 170 g/mol. The van der Waals surface area contributed by atoms with Crippen molar-refractivity contribution in [1.82, 2.24) is 0 Å². The van der Waals surface area contributed by atoms with Crippen LogP contribution in [-0.2, 0) is 15.9 Å². The zero-order valence-electron chi connectivity index (χ0n) is 5.39. The van der Waals surface area contributed by atoms with Gasteiger partial charge < -0.3 is 0 Å². The number of hydrogen-bond acceptors (Lipinski definition) is 3. The molecule has 1 aromatic rings. The van der Waals surface area contributed by atoms with Gasteiger partial charge in [0.1, 0.15) is 0 Å². The molecule has 0 N–H and O–H groups in total. The van der Waals surface area contributed by atoms with Crippen molar-refractivity contribution in [3.8, 4) is 0 Å². The van der Waals surface area contributed by atoms with Crippen LogP contribution in [0, 0.1) is 10.1 Å². The highest BCUT2D eigenvalue weighted by atomic mass is 32.1. The van der Waals surface area contributed by atoms with Gasteiger partial charge in [-0.2, -0.15) is 0 Å². The third-order valence-electron chi connectivity index (χ3n) is 1.15. The molecular formula is C6H4NO3S+. The van der Waals surface area contributed by atoms with Crippen LogP contribution >= 0.6 is 0 Å². The average molecular weight is 170 g/mol. The zero-order valence-corrected chi connectivity index (χ0v) is 6.21. The molecule has 0 aliphatic rings. The Morgan fingerprint density at radius 2 is 2.00 bits per heavy atom. The topological polar surface area (TPSA) is 60.2 Å². The lowest BCUT2D eigenvalue weighted by atomic mass is 10.3. The standard InChI is InChI=1S/C6H4NO3S/c8-7(9)5-3-1-2-4-6(5)11-10/h1-4H/q+1. The van der Waals surface area contributed by atoms with Crippen molar-refractivity contribution in [2.24, 2.45) is 0 Å². The van der Waals surface area contributed by atoms with E-state index in [1.165, 1.54) is 18.2 Å². The van der Waals surface area contributed by atoms with Crippen LogP contribution < -0.4 is 0 Å². The van der Waals surface area contributed by atoms with Crippen LogP contribution in [0.1, 0.15) is 0 Å². The van der Waals surface area contributed by atoms with E-state index >= 15 is 0 Å². The minimum absolute atomic E-state index is 0.132. The van der Waals surface area contributed by atoms with E-state index in [1.54, 1.807) is 6.07 Å². The van der Waals surface area contributed by atoms with Crippen LogP contribution in [0.25, 0.3) is 0 Å². The maximum absolute atomic E-state index is 10.3. The molecular weight excluding hydrogens is 166 g/mol. The molecule has 0 spiro atoms. The van der Waals surface area contributed by atoms with Crippen molar-refractivity contribution in [2.45, 2.75) is 4.90 Å².